The Hall–Kier alpha value is -5.70. The van der Waals surface area contributed by atoms with E-state index in [4.69, 9.17) is 35.8 Å². The maximum atomic E-state index is 8.91. The molecule has 6 rings (SSSR count). The van der Waals surface area contributed by atoms with E-state index in [1.54, 1.807) is 19.2 Å². The van der Waals surface area contributed by atoms with E-state index in [1.165, 1.54) is 16.7 Å². The standard InChI is InChI=1S/C14H11NO.C14H14O2.C13H11ClO.4C2H6/c1-11-6-8-13(9-7-11)16-14-5-3-2-4-12(14)10-15;1-11-7-9-12(10-8-11)16-14-6-4-3-5-13(14)15-2;1-10-6-8-11(9-7-10)15-13-5-3-2-4-12(13)14;4*1-2/h2-9H,1H3;3-10H,1-2H3;2-9H,1H3;4*1-2H3. The smallest absolute Gasteiger partial charge is 0.169 e. The lowest BCUT2D eigenvalue weighted by Crippen LogP contribution is -1.89. The Morgan fingerprint density at radius 3 is 1.09 bits per heavy atom. The van der Waals surface area contributed by atoms with Crippen LogP contribution in [0.15, 0.2) is 146 Å². The third kappa shape index (κ3) is 19.3. The topological polar surface area (TPSA) is 60.7 Å². The van der Waals surface area contributed by atoms with Gasteiger partial charge in [0.2, 0.25) is 0 Å². The zero-order valence-electron chi connectivity index (χ0n) is 34.8. The highest BCUT2D eigenvalue weighted by Crippen LogP contribution is 2.31. The molecular formula is C49H60ClNO4. The van der Waals surface area contributed by atoms with Gasteiger partial charge in [-0.3, -0.25) is 0 Å². The molecular weight excluding hydrogens is 702 g/mol. The van der Waals surface area contributed by atoms with Gasteiger partial charge in [0.05, 0.1) is 17.7 Å². The summed E-state index contributed by atoms with van der Waals surface area (Å²) in [5.41, 5.74) is 4.15. The summed E-state index contributed by atoms with van der Waals surface area (Å²) in [6.45, 7) is 22.1. The van der Waals surface area contributed by atoms with E-state index >= 15 is 0 Å². The molecule has 6 aromatic rings. The number of aryl methyl sites for hydroxylation is 3. The number of halogens is 1. The Morgan fingerprint density at radius 2 is 0.709 bits per heavy atom. The first-order chi connectivity index (χ1) is 26.8. The lowest BCUT2D eigenvalue weighted by atomic mass is 10.2. The van der Waals surface area contributed by atoms with Crippen molar-refractivity contribution in [3.05, 3.63) is 173 Å². The van der Waals surface area contributed by atoms with Crippen molar-refractivity contribution in [2.45, 2.75) is 76.2 Å². The molecule has 0 saturated heterocycles. The van der Waals surface area contributed by atoms with E-state index in [2.05, 4.69) is 6.07 Å². The van der Waals surface area contributed by atoms with Gasteiger partial charge in [0.1, 0.15) is 34.8 Å². The zero-order chi connectivity index (χ0) is 41.4. The van der Waals surface area contributed by atoms with Crippen molar-refractivity contribution in [1.82, 2.24) is 0 Å². The number of benzene rings is 6. The lowest BCUT2D eigenvalue weighted by Gasteiger charge is -2.09. The van der Waals surface area contributed by atoms with Crippen molar-refractivity contribution < 1.29 is 18.9 Å². The highest BCUT2D eigenvalue weighted by molar-refractivity contribution is 6.32. The van der Waals surface area contributed by atoms with Gasteiger partial charge in [-0.25, -0.2) is 0 Å². The Bertz CT molecular complexity index is 1880. The average molecular weight is 762 g/mol. The third-order valence-corrected chi connectivity index (χ3v) is 6.97. The van der Waals surface area contributed by atoms with Gasteiger partial charge < -0.3 is 18.9 Å². The molecule has 0 fully saturated rings. The molecule has 0 heterocycles. The number of rotatable bonds is 7. The Morgan fingerprint density at radius 1 is 0.400 bits per heavy atom. The summed E-state index contributed by atoms with van der Waals surface area (Å²) in [7, 11) is 1.64. The first-order valence-corrected chi connectivity index (χ1v) is 19.3. The highest BCUT2D eigenvalue weighted by Gasteiger charge is 2.05. The summed E-state index contributed by atoms with van der Waals surface area (Å²) in [4.78, 5) is 0. The minimum atomic E-state index is 0.545. The van der Waals surface area contributed by atoms with Crippen molar-refractivity contribution in [3.8, 4) is 46.3 Å². The number of nitrogens with zero attached hydrogens (tertiary/aromatic N) is 1. The monoisotopic (exact) mass is 761 g/mol. The molecule has 0 spiro atoms. The second-order valence-electron chi connectivity index (χ2n) is 10.4. The molecule has 0 aromatic heterocycles. The molecule has 0 aliphatic carbocycles. The van der Waals surface area contributed by atoms with Crippen LogP contribution in [0.25, 0.3) is 0 Å². The fourth-order valence-corrected chi connectivity index (χ4v) is 4.25. The number of para-hydroxylation sites is 4. The number of methoxy groups -OCH3 is 1. The van der Waals surface area contributed by atoms with E-state index in [1.807, 2.05) is 210 Å². The molecule has 0 aliphatic rings. The van der Waals surface area contributed by atoms with Crippen molar-refractivity contribution in [3.63, 3.8) is 0 Å². The summed E-state index contributed by atoms with van der Waals surface area (Å²) < 4.78 is 22.2. The van der Waals surface area contributed by atoms with Crippen LogP contribution in [0.5, 0.6) is 40.2 Å². The van der Waals surface area contributed by atoms with E-state index in [0.29, 0.717) is 22.1 Å². The molecule has 0 N–H and O–H groups in total. The zero-order valence-corrected chi connectivity index (χ0v) is 35.6. The second-order valence-corrected chi connectivity index (χ2v) is 10.8. The predicted octanol–water partition coefficient (Wildman–Crippen LogP) is 16.0. The molecule has 0 unspecified atom stereocenters. The summed E-state index contributed by atoms with van der Waals surface area (Å²) in [6, 6.07) is 47.9. The van der Waals surface area contributed by atoms with E-state index in [0.717, 1.165) is 28.7 Å². The number of hydrogen-bond acceptors (Lipinski definition) is 5. The van der Waals surface area contributed by atoms with Gasteiger partial charge in [0.25, 0.3) is 0 Å². The van der Waals surface area contributed by atoms with E-state index < -0.39 is 0 Å². The first kappa shape index (κ1) is 49.3. The molecule has 5 nitrogen and oxygen atoms in total. The van der Waals surface area contributed by atoms with Crippen LogP contribution < -0.4 is 18.9 Å². The van der Waals surface area contributed by atoms with Gasteiger partial charge in [-0.2, -0.15) is 5.26 Å². The Kier molecular flexibility index (Phi) is 27.5. The van der Waals surface area contributed by atoms with Crippen LogP contribution in [-0.2, 0) is 0 Å². The molecule has 55 heavy (non-hydrogen) atoms. The molecule has 292 valence electrons. The summed E-state index contributed by atoms with van der Waals surface area (Å²) in [6.07, 6.45) is 0. The fourth-order valence-electron chi connectivity index (χ4n) is 4.08. The molecule has 0 saturated carbocycles. The van der Waals surface area contributed by atoms with Crippen molar-refractivity contribution in [2.24, 2.45) is 0 Å². The molecule has 0 atom stereocenters. The number of hydrogen-bond donors (Lipinski definition) is 0. The van der Waals surface area contributed by atoms with Gasteiger partial charge in [0, 0.05) is 0 Å². The molecule has 6 heteroatoms. The Labute approximate surface area is 337 Å². The van der Waals surface area contributed by atoms with Gasteiger partial charge >= 0.3 is 0 Å². The SMILES string of the molecule is CC.CC.CC.CC.COc1ccccc1Oc1ccc(C)cc1.Cc1ccc(Oc2ccccc2C#N)cc1.Cc1ccc(Oc2ccccc2Cl)cc1. The van der Waals surface area contributed by atoms with Crippen LogP contribution in [-0.4, -0.2) is 7.11 Å². The van der Waals surface area contributed by atoms with Crippen LogP contribution in [0.2, 0.25) is 5.02 Å². The normalized spacial score (nSPS) is 8.80. The average Bonchev–Trinajstić information content (AvgIpc) is 3.25. The Balaban J connectivity index is 0.000000728. The molecule has 6 aromatic carbocycles. The quantitative estimate of drug-likeness (QED) is 0.162. The lowest BCUT2D eigenvalue weighted by molar-refractivity contribution is 0.379. The van der Waals surface area contributed by atoms with Crippen molar-refractivity contribution in [2.75, 3.05) is 7.11 Å². The van der Waals surface area contributed by atoms with Crippen LogP contribution in [0, 0.1) is 32.1 Å². The summed E-state index contributed by atoms with van der Waals surface area (Å²) in [5.74, 6) is 5.10. The molecule has 0 amide bonds. The van der Waals surface area contributed by atoms with Crippen LogP contribution in [0.1, 0.15) is 77.6 Å². The first-order valence-electron chi connectivity index (χ1n) is 18.9. The van der Waals surface area contributed by atoms with Gasteiger partial charge in [-0.1, -0.05) is 156 Å². The molecule has 0 bridgehead atoms. The fraction of sp³-hybridized carbons (Fsp3) is 0.245. The van der Waals surface area contributed by atoms with Gasteiger partial charge in [0.15, 0.2) is 11.5 Å². The minimum Gasteiger partial charge on any atom is -0.493 e. The highest BCUT2D eigenvalue weighted by atomic mass is 35.5. The third-order valence-electron chi connectivity index (χ3n) is 6.66. The maximum Gasteiger partial charge on any atom is 0.169 e. The molecule has 0 radical (unpaired) electrons. The molecule has 0 aliphatic heterocycles. The summed E-state index contributed by atoms with van der Waals surface area (Å²) >= 11 is 5.98. The summed E-state index contributed by atoms with van der Waals surface area (Å²) in [5, 5.41) is 9.53. The second kappa shape index (κ2) is 30.7. The van der Waals surface area contributed by atoms with Gasteiger partial charge in [-0.05, 0) is 93.6 Å². The van der Waals surface area contributed by atoms with Crippen LogP contribution >= 0.6 is 11.6 Å². The van der Waals surface area contributed by atoms with E-state index in [-0.39, 0.29) is 0 Å². The van der Waals surface area contributed by atoms with Crippen LogP contribution in [0.4, 0.5) is 0 Å². The van der Waals surface area contributed by atoms with Crippen molar-refractivity contribution >= 4 is 11.6 Å². The van der Waals surface area contributed by atoms with Gasteiger partial charge in [-0.15, -0.1) is 0 Å². The number of ether oxygens (including phenoxy) is 4. The predicted molar refractivity (Wildman–Crippen MR) is 235 cm³/mol. The largest absolute Gasteiger partial charge is 0.493 e. The van der Waals surface area contributed by atoms with Crippen molar-refractivity contribution in [1.29, 1.82) is 5.26 Å². The minimum absolute atomic E-state index is 0.545. The van der Waals surface area contributed by atoms with Crippen LogP contribution in [0.3, 0.4) is 0 Å². The van der Waals surface area contributed by atoms with E-state index in [9.17, 15) is 0 Å². The maximum absolute atomic E-state index is 8.91. The number of nitriles is 1.